The number of benzene rings is 2. The van der Waals surface area contributed by atoms with Crippen molar-refractivity contribution >= 4 is 17.0 Å². The van der Waals surface area contributed by atoms with Crippen molar-refractivity contribution in [2.75, 3.05) is 13.1 Å². The van der Waals surface area contributed by atoms with E-state index in [1.807, 2.05) is 6.07 Å². The number of nitrogens with zero attached hydrogens (tertiary/aromatic N) is 4. The zero-order valence-corrected chi connectivity index (χ0v) is 17.2. The number of para-hydroxylation sites is 2. The quantitative estimate of drug-likeness (QED) is 0.475. The number of likely N-dealkylation sites (tertiary alicyclic amines) is 1. The fourth-order valence-electron chi connectivity index (χ4n) is 4.14. The summed E-state index contributed by atoms with van der Waals surface area (Å²) in [6.45, 7) is 1.35. The maximum atomic E-state index is 13.5. The summed E-state index contributed by atoms with van der Waals surface area (Å²) in [7, 11) is 0. The first kappa shape index (κ1) is 20.2. The Balaban J connectivity index is 1.25. The predicted octanol–water partition coefficient (Wildman–Crippen LogP) is 3.58. The molecule has 0 radical (unpaired) electrons. The summed E-state index contributed by atoms with van der Waals surface area (Å²) in [6, 6.07) is 13.2. The number of aromatic nitrogens is 3. The summed E-state index contributed by atoms with van der Waals surface area (Å²) in [6.07, 6.45) is 1.82. The number of halogens is 1. The Morgan fingerprint density at radius 3 is 2.94 bits per heavy atom. The van der Waals surface area contributed by atoms with Crippen LogP contribution in [0.5, 0.6) is 0 Å². The SMILES string of the molecule is O=C(CCn1c(=O)oc2ccccc21)N1CCCC(c2nc(-c3cccc(F)c3)no2)C1. The van der Waals surface area contributed by atoms with E-state index < -0.39 is 5.76 Å². The van der Waals surface area contributed by atoms with Gasteiger partial charge in [0.1, 0.15) is 5.82 Å². The maximum Gasteiger partial charge on any atom is 0.419 e. The number of carbonyl (C=O) groups excluding carboxylic acids is 1. The van der Waals surface area contributed by atoms with Gasteiger partial charge in [-0.1, -0.05) is 29.4 Å². The first-order valence-electron chi connectivity index (χ1n) is 10.5. The molecule has 1 unspecified atom stereocenters. The minimum atomic E-state index is -0.466. The maximum absolute atomic E-state index is 13.5. The van der Waals surface area contributed by atoms with Crippen molar-refractivity contribution in [1.29, 1.82) is 0 Å². The number of fused-ring (bicyclic) bond motifs is 1. The molecule has 1 fully saturated rings. The van der Waals surface area contributed by atoms with Crippen LogP contribution in [-0.4, -0.2) is 38.6 Å². The van der Waals surface area contributed by atoms with Gasteiger partial charge in [0.05, 0.1) is 11.4 Å². The molecule has 32 heavy (non-hydrogen) atoms. The lowest BCUT2D eigenvalue weighted by Crippen LogP contribution is -2.39. The van der Waals surface area contributed by atoms with Crippen LogP contribution in [0.2, 0.25) is 0 Å². The summed E-state index contributed by atoms with van der Waals surface area (Å²) in [5, 5.41) is 3.98. The Kier molecular flexibility index (Phi) is 5.30. The van der Waals surface area contributed by atoms with Gasteiger partial charge in [0.15, 0.2) is 5.58 Å². The Morgan fingerprint density at radius 2 is 2.06 bits per heavy atom. The summed E-state index contributed by atoms with van der Waals surface area (Å²) < 4.78 is 25.6. The molecular weight excluding hydrogens is 415 g/mol. The fraction of sp³-hybridized carbons (Fsp3) is 0.304. The van der Waals surface area contributed by atoms with E-state index in [0.717, 1.165) is 12.8 Å². The van der Waals surface area contributed by atoms with Crippen molar-refractivity contribution in [3.8, 4) is 11.4 Å². The molecule has 0 spiro atoms. The molecule has 2 aromatic carbocycles. The van der Waals surface area contributed by atoms with E-state index >= 15 is 0 Å². The molecule has 0 N–H and O–H groups in total. The third-order valence-electron chi connectivity index (χ3n) is 5.77. The molecule has 5 rings (SSSR count). The molecule has 4 aromatic rings. The lowest BCUT2D eigenvalue weighted by Gasteiger charge is -2.31. The van der Waals surface area contributed by atoms with Crippen LogP contribution in [-0.2, 0) is 11.3 Å². The Hall–Kier alpha value is -3.75. The van der Waals surface area contributed by atoms with Crippen molar-refractivity contribution in [3.05, 3.63) is 70.8 Å². The first-order chi connectivity index (χ1) is 15.6. The average Bonchev–Trinajstić information content (AvgIpc) is 3.42. The summed E-state index contributed by atoms with van der Waals surface area (Å²) >= 11 is 0. The highest BCUT2D eigenvalue weighted by Gasteiger charge is 2.29. The number of rotatable bonds is 5. The van der Waals surface area contributed by atoms with Gasteiger partial charge in [-0.15, -0.1) is 0 Å². The number of amides is 1. The second-order valence-corrected chi connectivity index (χ2v) is 7.88. The van der Waals surface area contributed by atoms with Gasteiger partial charge in [0.25, 0.3) is 0 Å². The van der Waals surface area contributed by atoms with E-state index in [1.165, 1.54) is 16.7 Å². The predicted molar refractivity (Wildman–Crippen MR) is 113 cm³/mol. The number of carbonyl (C=O) groups is 1. The Morgan fingerprint density at radius 1 is 1.19 bits per heavy atom. The van der Waals surface area contributed by atoms with Crippen LogP contribution in [0.15, 0.2) is 62.3 Å². The zero-order chi connectivity index (χ0) is 22.1. The molecule has 9 heteroatoms. The molecule has 2 aromatic heterocycles. The van der Waals surface area contributed by atoms with Gasteiger partial charge in [0, 0.05) is 31.6 Å². The van der Waals surface area contributed by atoms with Crippen LogP contribution in [0.25, 0.3) is 22.5 Å². The molecule has 3 heterocycles. The standard InChI is InChI=1S/C23H21FN4O4/c24-17-7-3-5-15(13-17)21-25-22(32-26-21)16-6-4-11-27(14-16)20(29)10-12-28-18-8-1-2-9-19(18)31-23(28)30/h1-3,5,7-9,13,16H,4,6,10-12,14H2. The van der Waals surface area contributed by atoms with Gasteiger partial charge >= 0.3 is 5.76 Å². The molecule has 1 aliphatic rings. The van der Waals surface area contributed by atoms with E-state index in [4.69, 9.17) is 8.94 Å². The highest BCUT2D eigenvalue weighted by atomic mass is 19.1. The molecule has 0 saturated carbocycles. The number of hydrogen-bond acceptors (Lipinski definition) is 6. The normalized spacial score (nSPS) is 16.5. The van der Waals surface area contributed by atoms with Crippen LogP contribution >= 0.6 is 0 Å². The van der Waals surface area contributed by atoms with Gasteiger partial charge < -0.3 is 13.8 Å². The Bertz CT molecular complexity index is 1320. The fourth-order valence-corrected chi connectivity index (χ4v) is 4.14. The summed E-state index contributed by atoms with van der Waals surface area (Å²) in [5.74, 6) is -0.191. The molecule has 0 aliphatic carbocycles. The van der Waals surface area contributed by atoms with Crippen LogP contribution < -0.4 is 5.76 Å². The average molecular weight is 436 g/mol. The molecule has 1 aliphatic heterocycles. The van der Waals surface area contributed by atoms with Gasteiger partial charge in [0.2, 0.25) is 17.6 Å². The molecule has 0 bridgehead atoms. The minimum absolute atomic E-state index is 0.0447. The van der Waals surface area contributed by atoms with Gasteiger partial charge in [-0.25, -0.2) is 9.18 Å². The molecule has 8 nitrogen and oxygen atoms in total. The number of aryl methyl sites for hydroxylation is 1. The van der Waals surface area contributed by atoms with E-state index in [2.05, 4.69) is 10.1 Å². The van der Waals surface area contributed by atoms with Gasteiger partial charge in [-0.3, -0.25) is 9.36 Å². The van der Waals surface area contributed by atoms with Crippen LogP contribution in [0, 0.1) is 5.82 Å². The summed E-state index contributed by atoms with van der Waals surface area (Å²) in [5.41, 5.74) is 1.73. The molecular formula is C23H21FN4O4. The van der Waals surface area contributed by atoms with Crippen LogP contribution in [0.1, 0.15) is 31.1 Å². The van der Waals surface area contributed by atoms with E-state index in [1.54, 1.807) is 35.2 Å². The van der Waals surface area contributed by atoms with E-state index in [0.29, 0.717) is 41.5 Å². The summed E-state index contributed by atoms with van der Waals surface area (Å²) in [4.78, 5) is 31.2. The van der Waals surface area contributed by atoms with Gasteiger partial charge in [-0.2, -0.15) is 4.98 Å². The molecule has 164 valence electrons. The van der Waals surface area contributed by atoms with Crippen LogP contribution in [0.4, 0.5) is 4.39 Å². The van der Waals surface area contributed by atoms with Crippen molar-refractivity contribution in [2.45, 2.75) is 31.7 Å². The van der Waals surface area contributed by atoms with Gasteiger partial charge in [-0.05, 0) is 37.1 Å². The smallest absolute Gasteiger partial charge is 0.408 e. The molecule has 1 amide bonds. The number of hydrogen-bond donors (Lipinski definition) is 0. The van der Waals surface area contributed by atoms with Crippen molar-refractivity contribution < 1.29 is 18.1 Å². The van der Waals surface area contributed by atoms with Crippen molar-refractivity contribution in [2.24, 2.45) is 0 Å². The highest BCUT2D eigenvalue weighted by Crippen LogP contribution is 2.28. The molecule has 1 saturated heterocycles. The first-order valence-corrected chi connectivity index (χ1v) is 10.5. The molecule has 1 atom stereocenters. The monoisotopic (exact) mass is 436 g/mol. The largest absolute Gasteiger partial charge is 0.419 e. The van der Waals surface area contributed by atoms with Crippen LogP contribution in [0.3, 0.4) is 0 Å². The van der Waals surface area contributed by atoms with Crippen molar-refractivity contribution in [1.82, 2.24) is 19.6 Å². The second kappa shape index (κ2) is 8.41. The third-order valence-corrected chi connectivity index (χ3v) is 5.77. The minimum Gasteiger partial charge on any atom is -0.408 e. The number of oxazole rings is 1. The number of piperidine rings is 1. The second-order valence-electron chi connectivity index (χ2n) is 7.88. The lowest BCUT2D eigenvalue weighted by molar-refractivity contribution is -0.132. The lowest BCUT2D eigenvalue weighted by atomic mass is 9.97. The Labute approximate surface area is 182 Å². The topological polar surface area (TPSA) is 94.4 Å². The zero-order valence-electron chi connectivity index (χ0n) is 17.2. The van der Waals surface area contributed by atoms with E-state index in [9.17, 15) is 14.0 Å². The third kappa shape index (κ3) is 3.93. The highest BCUT2D eigenvalue weighted by molar-refractivity contribution is 5.77. The van der Waals surface area contributed by atoms with E-state index in [-0.39, 0.29) is 30.6 Å². The van der Waals surface area contributed by atoms with Crippen molar-refractivity contribution in [3.63, 3.8) is 0 Å².